The fourth-order valence-corrected chi connectivity index (χ4v) is 4.58. The molecule has 1 heterocycles. The van der Waals surface area contributed by atoms with E-state index < -0.39 is 4.92 Å². The van der Waals surface area contributed by atoms with Gasteiger partial charge in [0.1, 0.15) is 0 Å². The van der Waals surface area contributed by atoms with Crippen LogP contribution < -0.4 is 5.32 Å². The Balaban J connectivity index is 2.11. The van der Waals surface area contributed by atoms with Crippen molar-refractivity contribution in [3.63, 3.8) is 0 Å². The van der Waals surface area contributed by atoms with Crippen LogP contribution in [-0.2, 0) is 0 Å². The summed E-state index contributed by atoms with van der Waals surface area (Å²) in [7, 11) is 0. The maximum absolute atomic E-state index is 12.6. The van der Waals surface area contributed by atoms with Gasteiger partial charge in [-0.1, -0.05) is 37.6 Å². The second-order valence-corrected chi connectivity index (χ2v) is 8.81. The Morgan fingerprint density at radius 3 is 2.83 bits per heavy atom. The Morgan fingerprint density at radius 2 is 2.20 bits per heavy atom. The van der Waals surface area contributed by atoms with Crippen LogP contribution in [0.3, 0.4) is 0 Å². The minimum atomic E-state index is -0.400. The van der Waals surface area contributed by atoms with Crippen LogP contribution in [0.25, 0.3) is 0 Å². The van der Waals surface area contributed by atoms with Gasteiger partial charge in [-0.3, -0.25) is 19.8 Å². The van der Waals surface area contributed by atoms with E-state index in [0.29, 0.717) is 23.0 Å². The molecule has 0 saturated carbocycles. The summed E-state index contributed by atoms with van der Waals surface area (Å²) in [6.07, 6.45) is 9.21. The van der Waals surface area contributed by atoms with Crippen molar-refractivity contribution in [3.05, 3.63) is 57.7 Å². The molecule has 0 aliphatic carbocycles. The summed E-state index contributed by atoms with van der Waals surface area (Å²) in [5.41, 5.74) is 1.47. The number of likely N-dealkylation sites (tertiary alicyclic amines) is 1. The van der Waals surface area contributed by atoms with Gasteiger partial charge in [0.05, 0.1) is 9.82 Å². The molecule has 1 aliphatic rings. The molecule has 1 amide bonds. The fraction of sp³-hybridized carbons (Fsp3) is 0.522. The summed E-state index contributed by atoms with van der Waals surface area (Å²) >= 11 is 1.46. The Hall–Kier alpha value is -2.12. The maximum Gasteiger partial charge on any atom is 0.283 e. The van der Waals surface area contributed by atoms with Crippen molar-refractivity contribution < 1.29 is 9.72 Å². The van der Waals surface area contributed by atoms with E-state index in [2.05, 4.69) is 30.1 Å². The number of likely N-dealkylation sites (N-methyl/N-ethyl adjacent to an activating group) is 1. The van der Waals surface area contributed by atoms with Crippen molar-refractivity contribution in [1.29, 1.82) is 0 Å². The first-order chi connectivity index (χ1) is 14.4. The maximum atomic E-state index is 12.6. The number of amides is 1. The van der Waals surface area contributed by atoms with Crippen LogP contribution >= 0.6 is 11.8 Å². The van der Waals surface area contributed by atoms with Crippen molar-refractivity contribution in [3.8, 4) is 0 Å². The molecule has 2 rings (SSSR count). The Morgan fingerprint density at radius 1 is 1.43 bits per heavy atom. The van der Waals surface area contributed by atoms with Crippen molar-refractivity contribution >= 4 is 23.4 Å². The van der Waals surface area contributed by atoms with Gasteiger partial charge in [-0.15, -0.1) is 11.8 Å². The highest BCUT2D eigenvalue weighted by molar-refractivity contribution is 8.00. The molecule has 1 N–H and O–H groups in total. The smallest absolute Gasteiger partial charge is 0.283 e. The Kier molecular flexibility index (Phi) is 9.59. The number of nitrogens with zero attached hydrogens (tertiary/aromatic N) is 2. The van der Waals surface area contributed by atoms with Crippen molar-refractivity contribution in [2.75, 3.05) is 19.6 Å². The molecule has 1 fully saturated rings. The highest BCUT2D eigenvalue weighted by Gasteiger charge is 2.24. The van der Waals surface area contributed by atoms with Crippen LogP contribution in [0.15, 0.2) is 46.9 Å². The van der Waals surface area contributed by atoms with Crippen LogP contribution in [-0.4, -0.2) is 46.7 Å². The summed E-state index contributed by atoms with van der Waals surface area (Å²) in [4.78, 5) is 26.8. The third kappa shape index (κ3) is 6.71. The van der Waals surface area contributed by atoms with Gasteiger partial charge in [0.25, 0.3) is 11.6 Å². The minimum absolute atomic E-state index is 0.0155. The molecule has 0 radical (unpaired) electrons. The monoisotopic (exact) mass is 431 g/mol. The van der Waals surface area contributed by atoms with Gasteiger partial charge in [-0.05, 0) is 58.3 Å². The third-order valence-corrected chi connectivity index (χ3v) is 6.92. The lowest BCUT2D eigenvalue weighted by molar-refractivity contribution is -0.387. The summed E-state index contributed by atoms with van der Waals surface area (Å²) in [6, 6.07) is 5.13. The predicted molar refractivity (Wildman–Crippen MR) is 124 cm³/mol. The molecule has 2 unspecified atom stereocenters. The van der Waals surface area contributed by atoms with E-state index >= 15 is 0 Å². The molecule has 30 heavy (non-hydrogen) atoms. The van der Waals surface area contributed by atoms with Crippen LogP contribution in [0.1, 0.15) is 57.3 Å². The summed E-state index contributed by atoms with van der Waals surface area (Å²) < 4.78 is 0. The van der Waals surface area contributed by atoms with E-state index in [-0.39, 0.29) is 16.8 Å². The molecule has 1 aliphatic heterocycles. The molecule has 0 spiro atoms. The van der Waals surface area contributed by atoms with E-state index in [9.17, 15) is 14.9 Å². The number of allylic oxidation sites excluding steroid dienone is 3. The molecule has 2 atom stereocenters. The van der Waals surface area contributed by atoms with Crippen LogP contribution in [0.5, 0.6) is 0 Å². The van der Waals surface area contributed by atoms with E-state index in [1.807, 2.05) is 26.0 Å². The fourth-order valence-electron chi connectivity index (χ4n) is 3.53. The minimum Gasteiger partial charge on any atom is -0.350 e. The second kappa shape index (κ2) is 11.9. The molecule has 0 bridgehead atoms. The quantitative estimate of drug-likeness (QED) is 0.238. The molecule has 6 nitrogen and oxygen atoms in total. The first-order valence-electron chi connectivity index (χ1n) is 10.7. The Labute approximate surface area is 183 Å². The number of nitro benzene ring substituents is 1. The number of benzene rings is 1. The summed E-state index contributed by atoms with van der Waals surface area (Å²) in [5, 5.41) is 14.7. The zero-order chi connectivity index (χ0) is 22.1. The van der Waals surface area contributed by atoms with Gasteiger partial charge in [-0.2, -0.15) is 0 Å². The van der Waals surface area contributed by atoms with E-state index in [1.165, 1.54) is 17.8 Å². The lowest BCUT2D eigenvalue weighted by atomic mass is 10.1. The van der Waals surface area contributed by atoms with Gasteiger partial charge in [0, 0.05) is 29.5 Å². The molecule has 0 aromatic heterocycles. The number of nitrogens with one attached hydrogen (secondary N) is 1. The van der Waals surface area contributed by atoms with Crippen LogP contribution in [0, 0.1) is 10.1 Å². The van der Waals surface area contributed by atoms with Crippen molar-refractivity contribution in [1.82, 2.24) is 10.2 Å². The largest absolute Gasteiger partial charge is 0.350 e. The van der Waals surface area contributed by atoms with Gasteiger partial charge in [0.15, 0.2) is 0 Å². The average molecular weight is 432 g/mol. The number of nitro groups is 1. The lowest BCUT2D eigenvalue weighted by Crippen LogP contribution is -2.40. The van der Waals surface area contributed by atoms with Crippen LogP contribution in [0.4, 0.5) is 5.69 Å². The van der Waals surface area contributed by atoms with Gasteiger partial charge < -0.3 is 5.32 Å². The van der Waals surface area contributed by atoms with Gasteiger partial charge >= 0.3 is 0 Å². The van der Waals surface area contributed by atoms with Gasteiger partial charge in [0.2, 0.25) is 0 Å². The SMILES string of the molecule is C/C=C(C)\C=C/C(CC)Sc1ccc(C(=O)NCC2CCCN2CC)cc1[N+](=O)[O-]. The zero-order valence-corrected chi connectivity index (χ0v) is 19.2. The normalized spacial score (nSPS) is 18.7. The molecular formula is C23H33N3O3S. The molecule has 1 saturated heterocycles. The van der Waals surface area contributed by atoms with E-state index in [0.717, 1.165) is 37.9 Å². The standard InChI is InChI=1S/C23H33N3O3S/c1-5-17(4)10-12-20(6-2)30-22-13-11-18(15-21(22)26(28)29)23(27)24-16-19-9-8-14-25(19)7-3/h5,10-13,15,19-20H,6-9,14,16H2,1-4H3,(H,24,27)/b12-10-,17-5-. The average Bonchev–Trinajstić information content (AvgIpc) is 3.22. The first-order valence-corrected chi connectivity index (χ1v) is 11.6. The first kappa shape index (κ1) is 24.2. The number of hydrogen-bond acceptors (Lipinski definition) is 5. The highest BCUT2D eigenvalue weighted by Crippen LogP contribution is 2.34. The number of hydrogen-bond donors (Lipinski definition) is 1. The summed E-state index contributed by atoms with van der Waals surface area (Å²) in [6.45, 7) is 10.8. The molecule has 1 aromatic rings. The lowest BCUT2D eigenvalue weighted by Gasteiger charge is -2.22. The second-order valence-electron chi connectivity index (χ2n) is 7.53. The molecule has 7 heteroatoms. The van der Waals surface area contributed by atoms with Crippen molar-refractivity contribution in [2.24, 2.45) is 0 Å². The van der Waals surface area contributed by atoms with Gasteiger partial charge in [-0.25, -0.2) is 0 Å². The van der Waals surface area contributed by atoms with E-state index in [1.54, 1.807) is 12.1 Å². The third-order valence-electron chi connectivity index (χ3n) is 5.53. The highest BCUT2D eigenvalue weighted by atomic mass is 32.2. The molecule has 1 aromatic carbocycles. The summed E-state index contributed by atoms with van der Waals surface area (Å²) in [5.74, 6) is -0.256. The predicted octanol–water partition coefficient (Wildman–Crippen LogP) is 5.20. The topological polar surface area (TPSA) is 75.5 Å². The molecule has 164 valence electrons. The molecular weight excluding hydrogens is 398 g/mol. The van der Waals surface area contributed by atoms with E-state index in [4.69, 9.17) is 0 Å². The number of carbonyl (C=O) groups is 1. The number of rotatable bonds is 10. The van der Waals surface area contributed by atoms with Crippen LogP contribution in [0.2, 0.25) is 0 Å². The number of thioether (sulfide) groups is 1. The van der Waals surface area contributed by atoms with Crippen molar-refractivity contribution in [2.45, 2.75) is 63.1 Å². The Bertz CT molecular complexity index is 807. The number of carbonyl (C=O) groups excluding carboxylic acids is 1. The zero-order valence-electron chi connectivity index (χ0n) is 18.4.